The van der Waals surface area contributed by atoms with Crippen LogP contribution in [0.5, 0.6) is 0 Å². The Labute approximate surface area is 338 Å². The van der Waals surface area contributed by atoms with Crippen LogP contribution in [0.3, 0.4) is 0 Å². The van der Waals surface area contributed by atoms with Gasteiger partial charge in [-0.05, 0) is 83.5 Å². The molecule has 0 bridgehead atoms. The van der Waals surface area contributed by atoms with Crippen molar-refractivity contribution in [3.63, 3.8) is 0 Å². The molecule has 0 amide bonds. The highest BCUT2D eigenvalue weighted by Crippen LogP contribution is 2.12. The van der Waals surface area contributed by atoms with Gasteiger partial charge in [-0.15, -0.1) is 0 Å². The molecule has 0 aromatic heterocycles. The number of hydrogen-bond donors (Lipinski definition) is 0. The van der Waals surface area contributed by atoms with Crippen molar-refractivity contribution in [2.24, 2.45) is 0 Å². The van der Waals surface area contributed by atoms with Crippen LogP contribution in [0.2, 0.25) is 0 Å². The fourth-order valence-corrected chi connectivity index (χ4v) is 5.80. The third-order valence-electron chi connectivity index (χ3n) is 9.20. The minimum absolute atomic E-state index is 0.0945. The normalized spacial score (nSPS) is 12.7. The topological polar surface area (TPSA) is 78.9 Å². The Hall–Kier alpha value is -3.15. The van der Waals surface area contributed by atoms with Crippen LogP contribution in [0.15, 0.2) is 72.9 Å². The summed E-state index contributed by atoms with van der Waals surface area (Å²) >= 11 is 0. The lowest BCUT2D eigenvalue weighted by atomic mass is 10.1. The van der Waals surface area contributed by atoms with Crippen molar-refractivity contribution in [2.45, 2.75) is 207 Å². The number of rotatable bonds is 39. The van der Waals surface area contributed by atoms with Gasteiger partial charge in [-0.25, -0.2) is 0 Å². The monoisotopic (exact) mass is 767 g/mol. The summed E-state index contributed by atoms with van der Waals surface area (Å²) in [6.07, 6.45) is 53.2. The summed E-state index contributed by atoms with van der Waals surface area (Å²) in [4.78, 5) is 37.6. The number of ether oxygens (including phenoxy) is 3. The van der Waals surface area contributed by atoms with Gasteiger partial charge in [0.05, 0.1) is 0 Å². The molecular weight excluding hydrogens is 685 g/mol. The van der Waals surface area contributed by atoms with Crippen LogP contribution in [-0.2, 0) is 28.6 Å². The van der Waals surface area contributed by atoms with E-state index in [1.54, 1.807) is 0 Å². The lowest BCUT2D eigenvalue weighted by molar-refractivity contribution is -0.167. The minimum atomic E-state index is -0.795. The van der Waals surface area contributed by atoms with Gasteiger partial charge >= 0.3 is 17.9 Å². The summed E-state index contributed by atoms with van der Waals surface area (Å²) in [7, 11) is 0. The van der Waals surface area contributed by atoms with E-state index in [-0.39, 0.29) is 31.1 Å². The average Bonchev–Trinajstić information content (AvgIpc) is 3.18. The summed E-state index contributed by atoms with van der Waals surface area (Å²) in [5, 5.41) is 0. The molecule has 0 aromatic rings. The number of allylic oxidation sites excluding steroid dienone is 12. The highest BCUT2D eigenvalue weighted by atomic mass is 16.6. The van der Waals surface area contributed by atoms with Crippen LogP contribution in [0.4, 0.5) is 0 Å². The second-order valence-electron chi connectivity index (χ2n) is 14.6. The first kappa shape index (κ1) is 51.9. The molecule has 0 aliphatic rings. The summed E-state index contributed by atoms with van der Waals surface area (Å²) in [5.41, 5.74) is 0. The van der Waals surface area contributed by atoms with Gasteiger partial charge in [0.2, 0.25) is 0 Å². The highest BCUT2D eigenvalue weighted by molar-refractivity contribution is 5.71. The molecule has 0 aliphatic heterocycles. The maximum Gasteiger partial charge on any atom is 0.306 e. The molecular formula is C49H82O6. The molecule has 314 valence electrons. The van der Waals surface area contributed by atoms with Gasteiger partial charge in [0.15, 0.2) is 6.10 Å². The Bertz CT molecular complexity index is 1070. The van der Waals surface area contributed by atoms with Crippen molar-refractivity contribution in [2.75, 3.05) is 13.2 Å². The molecule has 0 spiro atoms. The molecule has 0 radical (unpaired) electrons. The van der Waals surface area contributed by atoms with Gasteiger partial charge < -0.3 is 14.2 Å². The molecule has 0 saturated heterocycles. The minimum Gasteiger partial charge on any atom is -0.462 e. The van der Waals surface area contributed by atoms with Crippen molar-refractivity contribution in [3.05, 3.63) is 72.9 Å². The number of hydrogen-bond acceptors (Lipinski definition) is 6. The zero-order chi connectivity index (χ0) is 40.1. The van der Waals surface area contributed by atoms with Crippen LogP contribution in [-0.4, -0.2) is 37.2 Å². The number of carbonyl (C=O) groups is 3. The van der Waals surface area contributed by atoms with Gasteiger partial charge in [0.1, 0.15) is 13.2 Å². The molecule has 0 aliphatic carbocycles. The Balaban J connectivity index is 4.45. The molecule has 0 N–H and O–H groups in total. The maximum atomic E-state index is 12.7. The molecule has 55 heavy (non-hydrogen) atoms. The van der Waals surface area contributed by atoms with Crippen LogP contribution in [0, 0.1) is 0 Å². The first-order chi connectivity index (χ1) is 27.0. The first-order valence-corrected chi connectivity index (χ1v) is 22.4. The van der Waals surface area contributed by atoms with Crippen molar-refractivity contribution in [1.82, 2.24) is 0 Å². The Kier molecular flexibility index (Phi) is 41.1. The summed E-state index contributed by atoms with van der Waals surface area (Å²) in [5.74, 6) is -0.963. The molecule has 6 heteroatoms. The second-order valence-corrected chi connectivity index (χ2v) is 14.6. The predicted molar refractivity (Wildman–Crippen MR) is 233 cm³/mol. The van der Waals surface area contributed by atoms with Gasteiger partial charge in [0.25, 0.3) is 0 Å². The molecule has 0 rings (SSSR count). The smallest absolute Gasteiger partial charge is 0.306 e. The van der Waals surface area contributed by atoms with Crippen LogP contribution in [0.1, 0.15) is 201 Å². The lowest BCUT2D eigenvalue weighted by Gasteiger charge is -2.18. The van der Waals surface area contributed by atoms with Gasteiger partial charge in [-0.3, -0.25) is 14.4 Å². The maximum absolute atomic E-state index is 12.7. The summed E-state index contributed by atoms with van der Waals surface area (Å²) in [6.45, 7) is 6.38. The summed E-state index contributed by atoms with van der Waals surface area (Å²) < 4.78 is 16.6. The zero-order valence-corrected chi connectivity index (χ0v) is 35.7. The van der Waals surface area contributed by atoms with E-state index in [1.807, 2.05) is 0 Å². The van der Waals surface area contributed by atoms with Crippen molar-refractivity contribution < 1.29 is 28.6 Å². The van der Waals surface area contributed by atoms with Crippen LogP contribution >= 0.6 is 0 Å². The number of esters is 3. The predicted octanol–water partition coefficient (Wildman–Crippen LogP) is 14.3. The van der Waals surface area contributed by atoms with E-state index in [9.17, 15) is 14.4 Å². The van der Waals surface area contributed by atoms with Gasteiger partial charge in [-0.1, -0.05) is 171 Å². The van der Waals surface area contributed by atoms with Crippen molar-refractivity contribution in [1.29, 1.82) is 0 Å². The molecule has 0 heterocycles. The first-order valence-electron chi connectivity index (χ1n) is 22.4. The fourth-order valence-electron chi connectivity index (χ4n) is 5.80. The van der Waals surface area contributed by atoms with E-state index in [4.69, 9.17) is 14.2 Å². The third kappa shape index (κ3) is 41.8. The van der Waals surface area contributed by atoms with E-state index >= 15 is 0 Å². The lowest BCUT2D eigenvalue weighted by Crippen LogP contribution is -2.30. The Morgan fingerprint density at radius 2 is 0.727 bits per heavy atom. The second kappa shape index (κ2) is 43.6. The van der Waals surface area contributed by atoms with E-state index in [2.05, 4.69) is 93.7 Å². The molecule has 1 unspecified atom stereocenters. The molecule has 0 aromatic carbocycles. The average molecular weight is 767 g/mol. The van der Waals surface area contributed by atoms with E-state index < -0.39 is 6.10 Å². The zero-order valence-electron chi connectivity index (χ0n) is 35.7. The molecule has 1 atom stereocenters. The van der Waals surface area contributed by atoms with Crippen LogP contribution in [0.25, 0.3) is 0 Å². The number of carbonyl (C=O) groups excluding carboxylic acids is 3. The molecule has 0 saturated carbocycles. The molecule has 0 fully saturated rings. The molecule has 6 nitrogen and oxygen atoms in total. The third-order valence-corrected chi connectivity index (χ3v) is 9.20. The van der Waals surface area contributed by atoms with Crippen molar-refractivity contribution in [3.8, 4) is 0 Å². The highest BCUT2D eigenvalue weighted by Gasteiger charge is 2.19. The SMILES string of the molecule is CC/C=C\C/C=C\C/C=C\C/C=C\CCCCC(=O)OCC(COC(=O)CCCCCCCCCC)OC(=O)CCCCCCC/C=C\C/C=C\CCCC. The quantitative estimate of drug-likeness (QED) is 0.0268. The van der Waals surface area contributed by atoms with Gasteiger partial charge in [-0.2, -0.15) is 0 Å². The fraction of sp³-hybridized carbons (Fsp3) is 0.694. The summed E-state index contributed by atoms with van der Waals surface area (Å²) in [6, 6.07) is 0. The van der Waals surface area contributed by atoms with E-state index in [1.165, 1.54) is 51.4 Å². The standard InChI is InChI=1S/C49H82O6/c1-4-7-10-13-16-19-21-23-25-27-28-30-33-36-39-42-48(51)54-45-46(44-53-47(50)41-38-35-32-18-15-12-9-6-3)55-49(52)43-40-37-34-31-29-26-24-22-20-17-14-11-8-5-2/h7,10,14,16-17,19,22-25,28,30,46H,4-6,8-9,11-13,15,18,20-21,26-27,29,31-45H2,1-3H3/b10-7-,17-14-,19-16-,24-22-,25-23-,30-28-. The van der Waals surface area contributed by atoms with E-state index in [0.717, 1.165) is 109 Å². The largest absolute Gasteiger partial charge is 0.462 e. The van der Waals surface area contributed by atoms with Gasteiger partial charge in [0, 0.05) is 19.3 Å². The Morgan fingerprint density at radius 3 is 1.20 bits per heavy atom. The van der Waals surface area contributed by atoms with Crippen LogP contribution < -0.4 is 0 Å². The number of unbranched alkanes of at least 4 members (excludes halogenated alkanes) is 16. The van der Waals surface area contributed by atoms with Crippen molar-refractivity contribution >= 4 is 17.9 Å². The Morgan fingerprint density at radius 1 is 0.382 bits per heavy atom. The van der Waals surface area contributed by atoms with E-state index in [0.29, 0.717) is 19.3 Å².